The highest BCUT2D eigenvalue weighted by molar-refractivity contribution is 5.72. The molecule has 1 aromatic carbocycles. The average Bonchev–Trinajstić information content (AvgIpc) is 2.73. The zero-order valence-corrected chi connectivity index (χ0v) is 21.7. The third-order valence-electron chi connectivity index (χ3n) is 7.25. The normalized spacial score (nSPS) is 17.6. The Morgan fingerprint density at radius 3 is 2.33 bits per heavy atom. The zero-order valence-electron chi connectivity index (χ0n) is 21.7. The number of hydrogen-bond acceptors (Lipinski definition) is 5. The van der Waals surface area contributed by atoms with E-state index >= 15 is 0 Å². The van der Waals surface area contributed by atoms with Gasteiger partial charge in [0.05, 0.1) is 12.5 Å². The number of carbonyl (C=O) groups is 2. The van der Waals surface area contributed by atoms with E-state index in [1.54, 1.807) is 0 Å². The van der Waals surface area contributed by atoms with E-state index < -0.39 is 6.09 Å². The lowest BCUT2D eigenvalue weighted by Gasteiger charge is -2.43. The second-order valence-corrected chi connectivity index (χ2v) is 10.4. The first-order valence-corrected chi connectivity index (χ1v) is 12.5. The summed E-state index contributed by atoms with van der Waals surface area (Å²) in [5.41, 5.74) is 0.736. The molecule has 1 aliphatic rings. The highest BCUT2D eigenvalue weighted by atomic mass is 16.6. The molecule has 1 atom stereocenters. The van der Waals surface area contributed by atoms with Crippen LogP contribution in [0.1, 0.15) is 85.1 Å². The monoisotopic (exact) mass is 460 g/mol. The van der Waals surface area contributed by atoms with Crippen LogP contribution in [-0.4, -0.2) is 43.7 Å². The molecule has 0 spiro atoms. The summed E-state index contributed by atoms with van der Waals surface area (Å²) in [7, 11) is 4.19. The van der Waals surface area contributed by atoms with E-state index in [1.165, 1.54) is 6.42 Å². The lowest BCUT2D eigenvalue weighted by molar-refractivity contribution is -0.150. The van der Waals surface area contributed by atoms with Gasteiger partial charge in [-0.25, -0.2) is 4.79 Å². The lowest BCUT2D eigenvalue weighted by atomic mass is 9.71. The third kappa shape index (κ3) is 6.95. The first kappa shape index (κ1) is 27.2. The third-order valence-corrected chi connectivity index (χ3v) is 7.25. The Bertz CT molecular complexity index is 774. The van der Waals surface area contributed by atoms with Gasteiger partial charge < -0.3 is 14.8 Å². The fourth-order valence-corrected chi connectivity index (χ4v) is 5.60. The Morgan fingerprint density at radius 1 is 1.12 bits per heavy atom. The van der Waals surface area contributed by atoms with Crippen molar-refractivity contribution in [3.63, 3.8) is 0 Å². The van der Waals surface area contributed by atoms with Crippen molar-refractivity contribution in [3.05, 3.63) is 29.8 Å². The zero-order chi connectivity index (χ0) is 24.6. The summed E-state index contributed by atoms with van der Waals surface area (Å²) in [6.45, 7) is 10.8. The molecule has 186 valence electrons. The summed E-state index contributed by atoms with van der Waals surface area (Å²) in [5, 5.41) is 2.94. The SMILES string of the molecule is CC[C@@](c1cccc(OC(=O)NCC2(CC(=O)OC(C)C)CCCCC2)c1)(C(C)C)N(C)C. The molecule has 0 radical (unpaired) electrons. The van der Waals surface area contributed by atoms with E-state index in [1.807, 2.05) is 32.0 Å². The Kier molecular flexibility index (Phi) is 9.77. The molecule has 1 amide bonds. The van der Waals surface area contributed by atoms with Crippen molar-refractivity contribution in [2.75, 3.05) is 20.6 Å². The van der Waals surface area contributed by atoms with Crippen LogP contribution in [0.3, 0.4) is 0 Å². The molecule has 6 nitrogen and oxygen atoms in total. The maximum atomic E-state index is 12.7. The van der Waals surface area contributed by atoms with Crippen LogP contribution in [-0.2, 0) is 15.1 Å². The van der Waals surface area contributed by atoms with Crippen molar-refractivity contribution in [2.45, 2.75) is 91.2 Å². The first-order chi connectivity index (χ1) is 15.5. The topological polar surface area (TPSA) is 67.9 Å². The summed E-state index contributed by atoms with van der Waals surface area (Å²) in [6, 6.07) is 7.83. The molecule has 0 saturated heterocycles. The highest BCUT2D eigenvalue weighted by Crippen LogP contribution is 2.40. The van der Waals surface area contributed by atoms with E-state index in [9.17, 15) is 9.59 Å². The van der Waals surface area contributed by atoms with Gasteiger partial charge in [-0.15, -0.1) is 0 Å². The van der Waals surface area contributed by atoms with Gasteiger partial charge >= 0.3 is 12.1 Å². The Morgan fingerprint density at radius 2 is 1.79 bits per heavy atom. The van der Waals surface area contributed by atoms with Crippen molar-refractivity contribution >= 4 is 12.1 Å². The fourth-order valence-electron chi connectivity index (χ4n) is 5.60. The van der Waals surface area contributed by atoms with Crippen LogP contribution in [0, 0.1) is 11.3 Å². The van der Waals surface area contributed by atoms with E-state index in [-0.39, 0.29) is 23.0 Å². The Balaban J connectivity index is 2.09. The molecular weight excluding hydrogens is 416 g/mol. The van der Waals surface area contributed by atoms with Crippen LogP contribution < -0.4 is 10.1 Å². The summed E-state index contributed by atoms with van der Waals surface area (Å²) >= 11 is 0. The molecule has 1 aliphatic carbocycles. The molecule has 0 aromatic heterocycles. The van der Waals surface area contributed by atoms with Crippen molar-refractivity contribution < 1.29 is 19.1 Å². The number of nitrogens with one attached hydrogen (secondary N) is 1. The fraction of sp³-hybridized carbons (Fsp3) is 0.704. The van der Waals surface area contributed by atoms with E-state index in [0.717, 1.165) is 37.7 Å². The molecule has 33 heavy (non-hydrogen) atoms. The van der Waals surface area contributed by atoms with Crippen LogP contribution in [0.15, 0.2) is 24.3 Å². The smallest absolute Gasteiger partial charge is 0.412 e. The summed E-state index contributed by atoms with van der Waals surface area (Å²) in [5.74, 6) is 0.726. The minimum atomic E-state index is -0.481. The summed E-state index contributed by atoms with van der Waals surface area (Å²) in [4.78, 5) is 27.3. The molecule has 1 N–H and O–H groups in total. The van der Waals surface area contributed by atoms with Gasteiger partial charge in [0.15, 0.2) is 0 Å². The Hall–Kier alpha value is -2.08. The van der Waals surface area contributed by atoms with E-state index in [2.05, 4.69) is 51.1 Å². The van der Waals surface area contributed by atoms with Gasteiger partial charge in [0, 0.05) is 12.1 Å². The summed E-state index contributed by atoms with van der Waals surface area (Å²) < 4.78 is 11.1. The molecule has 0 unspecified atom stereocenters. The minimum absolute atomic E-state index is 0.133. The molecule has 1 aromatic rings. The average molecular weight is 461 g/mol. The molecule has 0 bridgehead atoms. The number of ether oxygens (including phenoxy) is 2. The van der Waals surface area contributed by atoms with Crippen molar-refractivity contribution in [1.82, 2.24) is 10.2 Å². The molecule has 6 heteroatoms. The highest BCUT2D eigenvalue weighted by Gasteiger charge is 2.37. The van der Waals surface area contributed by atoms with Crippen LogP contribution in [0.4, 0.5) is 4.79 Å². The van der Waals surface area contributed by atoms with Crippen LogP contribution >= 0.6 is 0 Å². The number of benzene rings is 1. The van der Waals surface area contributed by atoms with Crippen molar-refractivity contribution in [1.29, 1.82) is 0 Å². The van der Waals surface area contributed by atoms with Gasteiger partial charge in [-0.05, 0) is 76.2 Å². The number of rotatable bonds is 10. The van der Waals surface area contributed by atoms with Crippen molar-refractivity contribution in [2.24, 2.45) is 11.3 Å². The quantitative estimate of drug-likeness (QED) is 0.441. The molecule has 2 rings (SSSR count). The van der Waals surface area contributed by atoms with Crippen LogP contribution in [0.25, 0.3) is 0 Å². The molecule has 0 aliphatic heterocycles. The minimum Gasteiger partial charge on any atom is -0.463 e. The van der Waals surface area contributed by atoms with Gasteiger partial charge in [-0.1, -0.05) is 52.2 Å². The standard InChI is InChI=1S/C27H44N2O4/c1-8-27(20(2)3,29(6)7)22-13-12-14-23(17-22)33-25(31)28-19-26(15-10-9-11-16-26)18-24(30)32-21(4)5/h12-14,17,20-21H,8-11,15-16,18-19H2,1-7H3,(H,28,31)/t27-/m0/s1. The molecular formula is C27H44N2O4. The van der Waals surface area contributed by atoms with Gasteiger partial charge in [0.2, 0.25) is 0 Å². The number of hydrogen-bond donors (Lipinski definition) is 1. The second-order valence-electron chi connectivity index (χ2n) is 10.4. The van der Waals surface area contributed by atoms with E-state index in [4.69, 9.17) is 9.47 Å². The second kappa shape index (κ2) is 11.9. The number of carbonyl (C=O) groups excluding carboxylic acids is 2. The van der Waals surface area contributed by atoms with Crippen LogP contribution in [0.5, 0.6) is 5.75 Å². The molecule has 1 saturated carbocycles. The predicted octanol–water partition coefficient (Wildman–Crippen LogP) is 5.89. The summed E-state index contributed by atoms with van der Waals surface area (Å²) in [6.07, 6.45) is 5.77. The lowest BCUT2D eigenvalue weighted by Crippen LogP contribution is -2.45. The molecule has 1 fully saturated rings. The van der Waals surface area contributed by atoms with Gasteiger partial charge in [-0.3, -0.25) is 9.69 Å². The first-order valence-electron chi connectivity index (χ1n) is 12.5. The Labute approximate surface area is 200 Å². The number of amides is 1. The van der Waals surface area contributed by atoms with Crippen LogP contribution in [0.2, 0.25) is 0 Å². The predicted molar refractivity (Wildman–Crippen MR) is 132 cm³/mol. The maximum absolute atomic E-state index is 12.7. The number of esters is 1. The van der Waals surface area contributed by atoms with Gasteiger partial charge in [-0.2, -0.15) is 0 Å². The van der Waals surface area contributed by atoms with Crippen molar-refractivity contribution in [3.8, 4) is 5.75 Å². The van der Waals surface area contributed by atoms with Gasteiger partial charge in [0.1, 0.15) is 5.75 Å². The molecule has 0 heterocycles. The largest absolute Gasteiger partial charge is 0.463 e. The maximum Gasteiger partial charge on any atom is 0.412 e. The van der Waals surface area contributed by atoms with E-state index in [0.29, 0.717) is 24.6 Å². The van der Waals surface area contributed by atoms with Gasteiger partial charge in [0.25, 0.3) is 0 Å². The number of nitrogens with zero attached hydrogens (tertiary/aromatic N) is 1.